The number of nitrogens with one attached hydrogen (secondary N) is 1. The minimum absolute atomic E-state index is 0.227. The van der Waals surface area contributed by atoms with Gasteiger partial charge in [0.1, 0.15) is 0 Å². The Morgan fingerprint density at radius 2 is 2.05 bits per heavy atom. The zero-order chi connectivity index (χ0) is 14.6. The maximum Gasteiger partial charge on any atom is 0.0278 e. The fourth-order valence-corrected chi connectivity index (χ4v) is 3.56. The first kappa shape index (κ1) is 17.1. The Bertz CT molecular complexity index is 309. The molecule has 0 aromatic heterocycles. The largest absolute Gasteiger partial charge is 0.309 e. The van der Waals surface area contributed by atoms with Gasteiger partial charge >= 0.3 is 0 Å². The van der Waals surface area contributed by atoms with Crippen LogP contribution in [0.25, 0.3) is 0 Å². The van der Waals surface area contributed by atoms with Gasteiger partial charge in [-0.3, -0.25) is 9.11 Å². The van der Waals surface area contributed by atoms with E-state index in [1.165, 1.54) is 0 Å². The second-order valence-corrected chi connectivity index (χ2v) is 8.25. The highest BCUT2D eigenvalue weighted by atomic mass is 32.2. The molecule has 1 aliphatic rings. The van der Waals surface area contributed by atoms with Crippen LogP contribution in [0.4, 0.5) is 0 Å². The van der Waals surface area contributed by atoms with Crippen LogP contribution in [0.1, 0.15) is 47.5 Å². The molecule has 4 atom stereocenters. The van der Waals surface area contributed by atoms with Crippen LogP contribution < -0.4 is 5.32 Å². The molecule has 4 heteroatoms. The molecular weight excluding hydrogens is 256 g/mol. The van der Waals surface area contributed by atoms with Crippen molar-refractivity contribution in [2.75, 3.05) is 25.1 Å². The van der Waals surface area contributed by atoms with Crippen molar-refractivity contribution in [3.63, 3.8) is 0 Å². The molecule has 0 aliphatic carbocycles. The van der Waals surface area contributed by atoms with E-state index in [4.69, 9.17) is 0 Å². The van der Waals surface area contributed by atoms with E-state index in [9.17, 15) is 4.21 Å². The summed E-state index contributed by atoms with van der Waals surface area (Å²) >= 11 is 0. The molecule has 3 nitrogen and oxygen atoms in total. The summed E-state index contributed by atoms with van der Waals surface area (Å²) in [5.41, 5.74) is 0.227. The predicted molar refractivity (Wildman–Crippen MR) is 85.0 cm³/mol. The van der Waals surface area contributed by atoms with Crippen LogP contribution >= 0.6 is 0 Å². The van der Waals surface area contributed by atoms with Crippen molar-refractivity contribution in [1.82, 2.24) is 10.2 Å². The smallest absolute Gasteiger partial charge is 0.0278 e. The molecule has 1 aliphatic heterocycles. The highest BCUT2D eigenvalue weighted by Gasteiger charge is 2.37. The number of hydrogen-bond donors (Lipinski definition) is 1. The zero-order valence-corrected chi connectivity index (χ0v) is 14.3. The molecule has 19 heavy (non-hydrogen) atoms. The molecule has 1 fully saturated rings. The minimum atomic E-state index is -0.676. The van der Waals surface area contributed by atoms with Crippen molar-refractivity contribution < 1.29 is 4.21 Å². The van der Waals surface area contributed by atoms with E-state index in [1.807, 2.05) is 0 Å². The topological polar surface area (TPSA) is 32.3 Å². The van der Waals surface area contributed by atoms with Crippen molar-refractivity contribution in [2.45, 2.75) is 65.1 Å². The summed E-state index contributed by atoms with van der Waals surface area (Å²) in [6.07, 6.45) is 3.99. The lowest BCUT2D eigenvalue weighted by atomic mass is 9.88. The van der Waals surface area contributed by atoms with Crippen molar-refractivity contribution in [1.29, 1.82) is 0 Å². The maximum atomic E-state index is 11.3. The first-order valence-electron chi connectivity index (χ1n) is 7.60. The summed E-state index contributed by atoms with van der Waals surface area (Å²) in [4.78, 5) is 2.65. The molecule has 0 spiro atoms. The molecule has 0 bridgehead atoms. The SMILES string of the molecule is CCC1(C)CN(C(C)CCS(C)=O)C(C(C)C)CN1. The Kier molecular flexibility index (Phi) is 6.48. The van der Waals surface area contributed by atoms with Gasteiger partial charge in [-0.2, -0.15) is 0 Å². The van der Waals surface area contributed by atoms with Crippen LogP contribution in [0, 0.1) is 5.92 Å². The van der Waals surface area contributed by atoms with Gasteiger partial charge in [-0.05, 0) is 32.6 Å². The van der Waals surface area contributed by atoms with E-state index in [1.54, 1.807) is 6.26 Å². The fraction of sp³-hybridized carbons (Fsp3) is 1.00. The van der Waals surface area contributed by atoms with Crippen molar-refractivity contribution in [3.8, 4) is 0 Å². The molecule has 0 aromatic carbocycles. The van der Waals surface area contributed by atoms with E-state index >= 15 is 0 Å². The molecule has 4 unspecified atom stereocenters. The lowest BCUT2D eigenvalue weighted by Crippen LogP contribution is -2.65. The normalized spacial score (nSPS) is 32.5. The summed E-state index contributed by atoms with van der Waals surface area (Å²) in [7, 11) is -0.676. The molecule has 0 radical (unpaired) electrons. The second-order valence-electron chi connectivity index (χ2n) is 6.69. The van der Waals surface area contributed by atoms with Crippen LogP contribution in [-0.4, -0.2) is 51.8 Å². The third-order valence-corrected chi connectivity index (χ3v) is 5.45. The maximum absolute atomic E-state index is 11.3. The van der Waals surface area contributed by atoms with E-state index in [2.05, 4.69) is 44.8 Å². The molecule has 1 N–H and O–H groups in total. The molecular formula is C15H32N2OS. The second kappa shape index (κ2) is 7.19. The number of hydrogen-bond acceptors (Lipinski definition) is 3. The van der Waals surface area contributed by atoms with Crippen molar-refractivity contribution in [2.24, 2.45) is 5.92 Å². The molecule has 114 valence electrons. The van der Waals surface area contributed by atoms with Gasteiger partial charge in [0.2, 0.25) is 0 Å². The van der Waals surface area contributed by atoms with Gasteiger partial charge in [0.25, 0.3) is 0 Å². The van der Waals surface area contributed by atoms with Crippen LogP contribution in [0.3, 0.4) is 0 Å². The zero-order valence-electron chi connectivity index (χ0n) is 13.5. The summed E-state index contributed by atoms with van der Waals surface area (Å²) in [5.74, 6) is 1.47. The van der Waals surface area contributed by atoms with Gasteiger partial charge in [-0.15, -0.1) is 0 Å². The quantitative estimate of drug-likeness (QED) is 0.813. The number of piperazine rings is 1. The monoisotopic (exact) mass is 288 g/mol. The van der Waals surface area contributed by atoms with Gasteiger partial charge in [-0.1, -0.05) is 20.8 Å². The van der Waals surface area contributed by atoms with Gasteiger partial charge in [0, 0.05) is 53.5 Å². The van der Waals surface area contributed by atoms with E-state index in [0.29, 0.717) is 18.0 Å². The first-order chi connectivity index (χ1) is 8.79. The fourth-order valence-electron chi connectivity index (χ4n) is 2.88. The average molecular weight is 289 g/mol. The lowest BCUT2D eigenvalue weighted by Gasteiger charge is -2.50. The third kappa shape index (κ3) is 4.83. The Morgan fingerprint density at radius 1 is 1.42 bits per heavy atom. The van der Waals surface area contributed by atoms with Gasteiger partial charge in [0.05, 0.1) is 0 Å². The van der Waals surface area contributed by atoms with Crippen LogP contribution in [-0.2, 0) is 10.8 Å². The van der Waals surface area contributed by atoms with Crippen LogP contribution in [0.15, 0.2) is 0 Å². The highest BCUT2D eigenvalue weighted by Crippen LogP contribution is 2.25. The first-order valence-corrected chi connectivity index (χ1v) is 9.32. The third-order valence-electron chi connectivity index (χ3n) is 4.63. The minimum Gasteiger partial charge on any atom is -0.309 e. The highest BCUT2D eigenvalue weighted by molar-refractivity contribution is 7.84. The van der Waals surface area contributed by atoms with Gasteiger partial charge in [0.15, 0.2) is 0 Å². The standard InChI is InChI=1S/C15H32N2OS/c1-7-15(5)11-17(13(4)8-9-19(6)18)14(10-16-15)12(2)3/h12-14,16H,7-11H2,1-6H3. The summed E-state index contributed by atoms with van der Waals surface area (Å²) in [6, 6.07) is 1.11. The number of nitrogens with zero attached hydrogens (tertiary/aromatic N) is 1. The summed E-state index contributed by atoms with van der Waals surface area (Å²) in [5, 5.41) is 3.72. The Morgan fingerprint density at radius 3 is 2.53 bits per heavy atom. The molecule has 0 aromatic rings. The van der Waals surface area contributed by atoms with Crippen molar-refractivity contribution in [3.05, 3.63) is 0 Å². The van der Waals surface area contributed by atoms with Crippen molar-refractivity contribution >= 4 is 10.8 Å². The number of rotatable bonds is 6. The average Bonchev–Trinajstić information content (AvgIpc) is 2.35. The Hall–Kier alpha value is 0.0700. The molecule has 1 saturated heterocycles. The lowest BCUT2D eigenvalue weighted by molar-refractivity contribution is 0.0293. The van der Waals surface area contributed by atoms with Gasteiger partial charge < -0.3 is 5.32 Å². The summed E-state index contributed by atoms with van der Waals surface area (Å²) in [6.45, 7) is 13.7. The van der Waals surface area contributed by atoms with E-state index < -0.39 is 10.8 Å². The van der Waals surface area contributed by atoms with E-state index in [0.717, 1.165) is 31.7 Å². The predicted octanol–water partition coefficient (Wildman–Crippen LogP) is 2.24. The molecule has 1 rings (SSSR count). The van der Waals surface area contributed by atoms with Crippen LogP contribution in [0.5, 0.6) is 0 Å². The Balaban J connectivity index is 2.73. The van der Waals surface area contributed by atoms with Gasteiger partial charge in [-0.25, -0.2) is 0 Å². The Labute approximate surface area is 122 Å². The molecule has 0 saturated carbocycles. The molecule has 0 amide bonds. The van der Waals surface area contributed by atoms with Crippen LogP contribution in [0.2, 0.25) is 0 Å². The van der Waals surface area contributed by atoms with E-state index in [-0.39, 0.29) is 5.54 Å². The summed E-state index contributed by atoms with van der Waals surface area (Å²) < 4.78 is 11.3. The molecule has 1 heterocycles.